The maximum atomic E-state index is 13.0. The van der Waals surface area contributed by atoms with E-state index in [0.29, 0.717) is 31.1 Å². The minimum absolute atomic E-state index is 0.190. The Labute approximate surface area is 203 Å². The molecule has 4 N–H and O–H groups in total. The van der Waals surface area contributed by atoms with Gasteiger partial charge in [0, 0.05) is 24.8 Å². The number of carbonyl (C=O) groups excluding carboxylic acids is 2. The number of carbonyl (C=O) groups is 2. The van der Waals surface area contributed by atoms with E-state index in [0.717, 1.165) is 38.6 Å². The van der Waals surface area contributed by atoms with Crippen molar-refractivity contribution in [3.63, 3.8) is 0 Å². The van der Waals surface area contributed by atoms with Gasteiger partial charge in [0.1, 0.15) is 17.9 Å². The highest BCUT2D eigenvalue weighted by Crippen LogP contribution is 2.28. The number of rotatable bonds is 10. The number of nitrogens with one attached hydrogen (secondary N) is 4. The molecule has 0 spiro atoms. The van der Waals surface area contributed by atoms with E-state index in [9.17, 15) is 22.8 Å². The van der Waals surface area contributed by atoms with Gasteiger partial charge in [0.05, 0.1) is 0 Å². The first-order valence-electron chi connectivity index (χ1n) is 12.3. The molecule has 2 aliphatic rings. The molecule has 1 aliphatic heterocycles. The van der Waals surface area contributed by atoms with Crippen molar-refractivity contribution in [2.45, 2.75) is 76.4 Å². The van der Waals surface area contributed by atoms with Gasteiger partial charge in [-0.25, -0.2) is 4.79 Å². The van der Waals surface area contributed by atoms with Crippen molar-refractivity contribution in [3.8, 4) is 5.75 Å². The summed E-state index contributed by atoms with van der Waals surface area (Å²) in [6.07, 6.45) is 1.33. The molecule has 3 rings (SSSR count). The van der Waals surface area contributed by atoms with E-state index in [-0.39, 0.29) is 23.8 Å². The lowest BCUT2D eigenvalue weighted by Crippen LogP contribution is -2.51. The predicted octanol–water partition coefficient (Wildman–Crippen LogP) is 3.93. The number of alkyl halides is 3. The van der Waals surface area contributed by atoms with Gasteiger partial charge in [-0.3, -0.25) is 4.79 Å². The summed E-state index contributed by atoms with van der Waals surface area (Å²) < 4.78 is 46.2. The summed E-state index contributed by atoms with van der Waals surface area (Å²) in [6, 6.07) is 4.39. The molecule has 1 aromatic carbocycles. The zero-order chi connectivity index (χ0) is 25.3. The lowest BCUT2D eigenvalue weighted by atomic mass is 9.84. The van der Waals surface area contributed by atoms with E-state index in [2.05, 4.69) is 26.0 Å². The summed E-state index contributed by atoms with van der Waals surface area (Å²) in [5.74, 6) is -0.208. The van der Waals surface area contributed by atoms with Gasteiger partial charge in [-0.05, 0) is 56.5 Å². The van der Waals surface area contributed by atoms with E-state index < -0.39 is 18.5 Å². The molecule has 2 fully saturated rings. The Balaban J connectivity index is 1.50. The van der Waals surface area contributed by atoms with Gasteiger partial charge in [-0.15, -0.1) is 13.2 Å². The third kappa shape index (κ3) is 9.83. The Morgan fingerprint density at radius 1 is 1.09 bits per heavy atom. The van der Waals surface area contributed by atoms with Crippen molar-refractivity contribution >= 4 is 17.7 Å². The average molecular weight is 501 g/mol. The van der Waals surface area contributed by atoms with Crippen molar-refractivity contribution in [1.82, 2.24) is 16.0 Å². The van der Waals surface area contributed by atoms with Crippen molar-refractivity contribution in [2.75, 3.05) is 25.0 Å². The van der Waals surface area contributed by atoms with Crippen LogP contribution in [0.25, 0.3) is 0 Å². The highest BCUT2D eigenvalue weighted by molar-refractivity contribution is 5.85. The first kappa shape index (κ1) is 26.9. The van der Waals surface area contributed by atoms with Crippen LogP contribution in [-0.2, 0) is 9.53 Å². The van der Waals surface area contributed by atoms with Crippen LogP contribution < -0.4 is 26.0 Å². The number of anilines is 1. The summed E-state index contributed by atoms with van der Waals surface area (Å²) in [6.45, 7) is 3.57. The van der Waals surface area contributed by atoms with Crippen LogP contribution in [0.5, 0.6) is 5.75 Å². The first-order valence-corrected chi connectivity index (χ1v) is 12.3. The van der Waals surface area contributed by atoms with Crippen LogP contribution in [0, 0.1) is 5.92 Å². The lowest BCUT2D eigenvalue weighted by molar-refractivity contribution is -0.274. The van der Waals surface area contributed by atoms with E-state index in [1.165, 1.54) is 30.7 Å². The van der Waals surface area contributed by atoms with Gasteiger partial charge in [-0.2, -0.15) is 0 Å². The lowest BCUT2D eigenvalue weighted by Gasteiger charge is -2.28. The van der Waals surface area contributed by atoms with E-state index in [1.54, 1.807) is 0 Å². The zero-order valence-electron chi connectivity index (χ0n) is 20.0. The number of hydrogen-bond donors (Lipinski definition) is 4. The normalized spacial score (nSPS) is 20.5. The molecule has 196 valence electrons. The monoisotopic (exact) mass is 500 g/mol. The molecule has 0 aromatic heterocycles. The third-order valence-corrected chi connectivity index (χ3v) is 6.28. The fourth-order valence-corrected chi connectivity index (χ4v) is 4.48. The molecule has 1 saturated heterocycles. The molecule has 1 aromatic rings. The van der Waals surface area contributed by atoms with Gasteiger partial charge in [0.2, 0.25) is 5.91 Å². The Hall–Kier alpha value is -2.69. The van der Waals surface area contributed by atoms with E-state index >= 15 is 0 Å². The van der Waals surface area contributed by atoms with Gasteiger partial charge in [0.15, 0.2) is 0 Å². The third-order valence-electron chi connectivity index (χ3n) is 6.28. The SMILES string of the molecule is C[C@@H](CNc1ccc(OC(F)(F)F)cc1)NC(=O)[C@H](CC1CCCCC1)NC(=O)O[C@@H]1CCNC1. The van der Waals surface area contributed by atoms with Gasteiger partial charge < -0.3 is 30.7 Å². The number of benzene rings is 1. The molecule has 2 amide bonds. The minimum atomic E-state index is -4.74. The van der Waals surface area contributed by atoms with Crippen molar-refractivity contribution in [1.29, 1.82) is 0 Å². The van der Waals surface area contributed by atoms with Crippen LogP contribution in [0.4, 0.5) is 23.7 Å². The number of amides is 2. The summed E-state index contributed by atoms with van der Waals surface area (Å²) in [5, 5.41) is 11.9. The Morgan fingerprint density at radius 2 is 1.80 bits per heavy atom. The molecule has 11 heteroatoms. The molecule has 1 aliphatic carbocycles. The molecule has 3 atom stereocenters. The molecule has 0 bridgehead atoms. The Kier molecular flexibility index (Phi) is 9.88. The smallest absolute Gasteiger partial charge is 0.445 e. The van der Waals surface area contributed by atoms with Crippen molar-refractivity contribution < 1.29 is 32.2 Å². The number of ether oxygens (including phenoxy) is 2. The Bertz CT molecular complexity index is 810. The van der Waals surface area contributed by atoms with Crippen LogP contribution in [0.2, 0.25) is 0 Å². The number of alkyl carbamates (subject to hydrolysis) is 1. The fourth-order valence-electron chi connectivity index (χ4n) is 4.48. The standard InChI is InChI=1S/C24H35F3N4O4/c1-16(14-29-18-7-9-19(10-8-18)35-24(25,26)27)30-22(32)21(13-17-5-3-2-4-6-17)31-23(33)34-20-11-12-28-15-20/h7-10,16-17,20-21,28-29H,2-6,11-15H2,1H3,(H,30,32)(H,31,33)/t16-,20+,21-/m0/s1. The zero-order valence-corrected chi connectivity index (χ0v) is 20.0. The summed E-state index contributed by atoms with van der Waals surface area (Å²) in [5.41, 5.74) is 0.589. The molecule has 1 heterocycles. The van der Waals surface area contributed by atoms with Crippen LogP contribution >= 0.6 is 0 Å². The van der Waals surface area contributed by atoms with Crippen molar-refractivity contribution in [2.24, 2.45) is 5.92 Å². The van der Waals surface area contributed by atoms with Crippen LogP contribution in [-0.4, -0.2) is 56.2 Å². The summed E-state index contributed by atoms with van der Waals surface area (Å²) >= 11 is 0. The highest BCUT2D eigenvalue weighted by atomic mass is 19.4. The second kappa shape index (κ2) is 12.9. The van der Waals surface area contributed by atoms with Gasteiger partial charge in [-0.1, -0.05) is 32.1 Å². The second-order valence-corrected chi connectivity index (χ2v) is 9.32. The molecule has 0 radical (unpaired) electrons. The predicted molar refractivity (Wildman–Crippen MR) is 125 cm³/mol. The largest absolute Gasteiger partial charge is 0.573 e. The molecule has 35 heavy (non-hydrogen) atoms. The highest BCUT2D eigenvalue weighted by Gasteiger charge is 2.31. The van der Waals surface area contributed by atoms with E-state index in [1.807, 2.05) is 6.92 Å². The number of halogens is 3. The maximum Gasteiger partial charge on any atom is 0.573 e. The molecular formula is C24H35F3N4O4. The maximum absolute atomic E-state index is 13.0. The summed E-state index contributed by atoms with van der Waals surface area (Å²) in [7, 11) is 0. The number of hydrogen-bond acceptors (Lipinski definition) is 6. The quantitative estimate of drug-likeness (QED) is 0.389. The topological polar surface area (TPSA) is 101 Å². The van der Waals surface area contributed by atoms with Crippen molar-refractivity contribution in [3.05, 3.63) is 24.3 Å². The second-order valence-electron chi connectivity index (χ2n) is 9.32. The van der Waals surface area contributed by atoms with Gasteiger partial charge >= 0.3 is 12.5 Å². The van der Waals surface area contributed by atoms with E-state index in [4.69, 9.17) is 4.74 Å². The molecule has 8 nitrogen and oxygen atoms in total. The molecule has 0 unspecified atom stereocenters. The molecular weight excluding hydrogens is 465 g/mol. The van der Waals surface area contributed by atoms with Crippen LogP contribution in [0.1, 0.15) is 51.9 Å². The van der Waals surface area contributed by atoms with Crippen LogP contribution in [0.3, 0.4) is 0 Å². The first-order chi connectivity index (χ1) is 16.7. The minimum Gasteiger partial charge on any atom is -0.445 e. The summed E-state index contributed by atoms with van der Waals surface area (Å²) in [4.78, 5) is 25.5. The molecule has 1 saturated carbocycles. The Morgan fingerprint density at radius 3 is 2.43 bits per heavy atom. The average Bonchev–Trinajstić information content (AvgIpc) is 3.31. The fraction of sp³-hybridized carbons (Fsp3) is 0.667. The van der Waals surface area contributed by atoms with Gasteiger partial charge in [0.25, 0.3) is 0 Å². The van der Waals surface area contributed by atoms with Crippen LogP contribution in [0.15, 0.2) is 24.3 Å².